The van der Waals surface area contributed by atoms with Crippen molar-refractivity contribution in [3.8, 4) is 5.75 Å². The van der Waals surface area contributed by atoms with E-state index in [1.807, 2.05) is 0 Å². The molecule has 0 saturated carbocycles. The summed E-state index contributed by atoms with van der Waals surface area (Å²) < 4.78 is 40.0. The SMILES string of the molecule is O=C(NCc1ccc(O)cc1)c1ccc(CNS(=O)(=O)c2ccc(F)c(Cl)c2)nn1. The van der Waals surface area contributed by atoms with Gasteiger partial charge in [0, 0.05) is 6.54 Å². The maximum Gasteiger partial charge on any atom is 0.272 e. The van der Waals surface area contributed by atoms with Crippen molar-refractivity contribution in [1.29, 1.82) is 0 Å². The maximum atomic E-state index is 13.2. The van der Waals surface area contributed by atoms with Gasteiger partial charge in [0.2, 0.25) is 10.0 Å². The second kappa shape index (κ2) is 9.16. The summed E-state index contributed by atoms with van der Waals surface area (Å²) in [5, 5.41) is 19.2. The Morgan fingerprint density at radius 3 is 2.40 bits per heavy atom. The average Bonchev–Trinajstić information content (AvgIpc) is 2.74. The Labute approximate surface area is 176 Å². The van der Waals surface area contributed by atoms with Crippen LogP contribution < -0.4 is 10.0 Å². The lowest BCUT2D eigenvalue weighted by Gasteiger charge is -2.08. The molecule has 1 aromatic heterocycles. The van der Waals surface area contributed by atoms with E-state index in [0.29, 0.717) is 0 Å². The van der Waals surface area contributed by atoms with Crippen LogP contribution in [-0.4, -0.2) is 29.6 Å². The van der Waals surface area contributed by atoms with Crippen molar-refractivity contribution < 1.29 is 22.7 Å². The molecule has 8 nitrogen and oxygen atoms in total. The van der Waals surface area contributed by atoms with E-state index in [-0.39, 0.29) is 40.1 Å². The second-order valence-corrected chi connectivity index (χ2v) is 8.33. The van der Waals surface area contributed by atoms with Gasteiger partial charge in [0.1, 0.15) is 11.6 Å². The van der Waals surface area contributed by atoms with Crippen molar-refractivity contribution >= 4 is 27.5 Å². The molecule has 1 amide bonds. The van der Waals surface area contributed by atoms with E-state index in [4.69, 9.17) is 11.6 Å². The smallest absolute Gasteiger partial charge is 0.272 e. The number of aromatic hydroxyl groups is 1. The number of nitrogens with one attached hydrogen (secondary N) is 2. The Morgan fingerprint density at radius 1 is 1.03 bits per heavy atom. The normalized spacial score (nSPS) is 11.3. The molecule has 30 heavy (non-hydrogen) atoms. The van der Waals surface area contributed by atoms with Crippen LogP contribution in [0.25, 0.3) is 0 Å². The number of amides is 1. The minimum atomic E-state index is -3.93. The number of benzene rings is 2. The van der Waals surface area contributed by atoms with Gasteiger partial charge in [-0.15, -0.1) is 5.10 Å². The number of hydrogen-bond donors (Lipinski definition) is 3. The minimum absolute atomic E-state index is 0.0608. The van der Waals surface area contributed by atoms with E-state index in [0.717, 1.165) is 23.8 Å². The first-order chi connectivity index (χ1) is 14.2. The molecule has 0 fully saturated rings. The second-order valence-electron chi connectivity index (χ2n) is 6.16. The van der Waals surface area contributed by atoms with Gasteiger partial charge in [-0.25, -0.2) is 17.5 Å². The van der Waals surface area contributed by atoms with Crippen molar-refractivity contribution in [3.05, 3.63) is 82.4 Å². The highest BCUT2D eigenvalue weighted by Gasteiger charge is 2.16. The van der Waals surface area contributed by atoms with E-state index in [9.17, 15) is 22.7 Å². The first-order valence-corrected chi connectivity index (χ1v) is 10.4. The van der Waals surface area contributed by atoms with E-state index in [1.165, 1.54) is 24.3 Å². The fourth-order valence-electron chi connectivity index (χ4n) is 2.36. The highest BCUT2D eigenvalue weighted by molar-refractivity contribution is 7.89. The standard InChI is InChI=1S/C19H16ClFN4O4S/c20-16-9-15(6-7-17(16)21)30(28,29)23-11-13-3-8-18(25-24-13)19(27)22-10-12-1-4-14(26)5-2-12/h1-9,23,26H,10-11H2,(H,22,27). The molecular formula is C19H16ClFN4O4S. The Morgan fingerprint density at radius 2 is 1.77 bits per heavy atom. The van der Waals surface area contributed by atoms with Crippen LogP contribution in [0.2, 0.25) is 5.02 Å². The lowest BCUT2D eigenvalue weighted by Crippen LogP contribution is -2.26. The molecule has 0 aliphatic carbocycles. The third-order valence-electron chi connectivity index (χ3n) is 3.99. The molecule has 0 aliphatic rings. The number of phenols is 1. The van der Waals surface area contributed by atoms with Gasteiger partial charge in [-0.3, -0.25) is 4.79 Å². The van der Waals surface area contributed by atoms with E-state index in [2.05, 4.69) is 20.2 Å². The molecule has 0 saturated heterocycles. The molecular weight excluding hydrogens is 435 g/mol. The number of hydrogen-bond acceptors (Lipinski definition) is 6. The lowest BCUT2D eigenvalue weighted by molar-refractivity contribution is 0.0944. The minimum Gasteiger partial charge on any atom is -0.508 e. The average molecular weight is 451 g/mol. The molecule has 2 aromatic carbocycles. The van der Waals surface area contributed by atoms with Crippen LogP contribution in [0, 0.1) is 5.82 Å². The zero-order valence-corrected chi connectivity index (χ0v) is 16.9. The monoisotopic (exact) mass is 450 g/mol. The molecule has 0 radical (unpaired) electrons. The lowest BCUT2D eigenvalue weighted by atomic mass is 10.2. The van der Waals surface area contributed by atoms with Crippen molar-refractivity contribution in [1.82, 2.24) is 20.2 Å². The molecule has 3 rings (SSSR count). The predicted molar refractivity (Wildman–Crippen MR) is 107 cm³/mol. The van der Waals surface area contributed by atoms with Crippen molar-refractivity contribution in [2.45, 2.75) is 18.0 Å². The Bertz CT molecular complexity index is 1160. The van der Waals surface area contributed by atoms with E-state index in [1.54, 1.807) is 12.1 Å². The van der Waals surface area contributed by atoms with Gasteiger partial charge in [-0.05, 0) is 48.0 Å². The fraction of sp³-hybridized carbons (Fsp3) is 0.105. The number of nitrogens with zero attached hydrogens (tertiary/aromatic N) is 2. The number of carbonyl (C=O) groups is 1. The van der Waals surface area contributed by atoms with Crippen LogP contribution in [0.15, 0.2) is 59.5 Å². The van der Waals surface area contributed by atoms with Crippen LogP contribution in [0.4, 0.5) is 4.39 Å². The molecule has 156 valence electrons. The number of halogens is 2. The molecule has 0 unspecified atom stereocenters. The Hall–Kier alpha value is -3.08. The van der Waals surface area contributed by atoms with Crippen LogP contribution >= 0.6 is 11.6 Å². The summed E-state index contributed by atoms with van der Waals surface area (Å²) in [6.07, 6.45) is 0. The summed E-state index contributed by atoms with van der Waals surface area (Å²) in [6, 6.07) is 12.3. The summed E-state index contributed by atoms with van der Waals surface area (Å²) in [7, 11) is -3.93. The number of phenolic OH excluding ortho intramolecular Hbond substituents is 1. The first kappa shape index (κ1) is 21.6. The quantitative estimate of drug-likeness (QED) is 0.508. The van der Waals surface area contributed by atoms with Crippen LogP contribution in [-0.2, 0) is 23.1 Å². The number of sulfonamides is 1. The molecule has 0 atom stereocenters. The van der Waals surface area contributed by atoms with Gasteiger partial charge in [0.25, 0.3) is 5.91 Å². The molecule has 0 bridgehead atoms. The van der Waals surface area contributed by atoms with Gasteiger partial charge in [-0.1, -0.05) is 23.7 Å². The van der Waals surface area contributed by atoms with Crippen molar-refractivity contribution in [2.75, 3.05) is 0 Å². The summed E-state index contributed by atoms with van der Waals surface area (Å²) in [5.74, 6) is -1.05. The molecule has 3 N–H and O–H groups in total. The molecule has 11 heteroatoms. The highest BCUT2D eigenvalue weighted by Crippen LogP contribution is 2.19. The molecule has 3 aromatic rings. The first-order valence-electron chi connectivity index (χ1n) is 8.58. The zero-order chi connectivity index (χ0) is 21.7. The van der Waals surface area contributed by atoms with Gasteiger partial charge in [-0.2, -0.15) is 5.10 Å². The topological polar surface area (TPSA) is 121 Å². The van der Waals surface area contributed by atoms with Gasteiger partial charge < -0.3 is 10.4 Å². The predicted octanol–water partition coefficient (Wildman–Crippen LogP) is 2.38. The van der Waals surface area contributed by atoms with Crippen molar-refractivity contribution in [3.63, 3.8) is 0 Å². The molecule has 0 aliphatic heterocycles. The third-order valence-corrected chi connectivity index (χ3v) is 5.68. The Balaban J connectivity index is 1.57. The zero-order valence-electron chi connectivity index (χ0n) is 15.3. The summed E-state index contributed by atoms with van der Waals surface area (Å²) >= 11 is 5.62. The molecule has 0 spiro atoms. The van der Waals surface area contributed by atoms with Crippen LogP contribution in [0.3, 0.4) is 0 Å². The van der Waals surface area contributed by atoms with Gasteiger partial charge in [0.15, 0.2) is 5.69 Å². The van der Waals surface area contributed by atoms with E-state index < -0.39 is 21.7 Å². The number of aromatic nitrogens is 2. The van der Waals surface area contributed by atoms with E-state index >= 15 is 0 Å². The Kier molecular flexibility index (Phi) is 6.60. The van der Waals surface area contributed by atoms with Crippen molar-refractivity contribution in [2.24, 2.45) is 0 Å². The number of rotatable bonds is 7. The highest BCUT2D eigenvalue weighted by atomic mass is 35.5. The van der Waals surface area contributed by atoms with Crippen LogP contribution in [0.1, 0.15) is 21.7 Å². The maximum absolute atomic E-state index is 13.2. The summed E-state index contributed by atoms with van der Waals surface area (Å²) in [5.41, 5.74) is 1.13. The number of carbonyl (C=O) groups excluding carboxylic acids is 1. The summed E-state index contributed by atoms with van der Waals surface area (Å²) in [4.78, 5) is 12.0. The fourth-order valence-corrected chi connectivity index (χ4v) is 3.63. The van der Waals surface area contributed by atoms with Gasteiger partial charge in [0.05, 0.1) is 22.2 Å². The summed E-state index contributed by atoms with van der Waals surface area (Å²) in [6.45, 7) is 0.0578. The van der Waals surface area contributed by atoms with Gasteiger partial charge >= 0.3 is 0 Å². The third kappa shape index (κ3) is 5.50. The van der Waals surface area contributed by atoms with Crippen LogP contribution in [0.5, 0.6) is 5.75 Å². The largest absolute Gasteiger partial charge is 0.508 e. The molecule has 1 heterocycles.